The minimum Gasteiger partial charge on any atom is -0.189 e. The second kappa shape index (κ2) is 25.7. The lowest BCUT2D eigenvalue weighted by Crippen LogP contribution is -2.26. The predicted octanol–water partition coefficient (Wildman–Crippen LogP) is 12.6. The van der Waals surface area contributed by atoms with E-state index in [1.165, 1.54) is 0 Å². The highest BCUT2D eigenvalue weighted by molar-refractivity contribution is 7.67. The Morgan fingerprint density at radius 2 is 0.325 bits per heavy atom. The summed E-state index contributed by atoms with van der Waals surface area (Å²) in [5.41, 5.74) is 7.04. The topological polar surface area (TPSA) is 243 Å². The molecule has 0 fully saturated rings. The van der Waals surface area contributed by atoms with Gasteiger partial charge in [-0.25, -0.2) is 0 Å². The minimum atomic E-state index is -3.97. The summed E-state index contributed by atoms with van der Waals surface area (Å²) in [4.78, 5) is 115. The van der Waals surface area contributed by atoms with E-state index in [9.17, 15) is 58.7 Å². The van der Waals surface area contributed by atoms with Crippen molar-refractivity contribution in [3.05, 3.63) is 117 Å². The van der Waals surface area contributed by atoms with Gasteiger partial charge in [0.05, 0.1) is 0 Å². The molecule has 0 saturated carbocycles. The smallest absolute Gasteiger partial charge is 0.189 e. The predicted molar refractivity (Wildman–Crippen MR) is 333 cm³/mol. The molecule has 4 aromatic carbocycles. The first-order valence-electron chi connectivity index (χ1n) is 26.2. The van der Waals surface area contributed by atoms with Gasteiger partial charge in [-0.2, -0.15) is 58.7 Å². The van der Waals surface area contributed by atoms with Gasteiger partial charge in [0, 0.05) is 22.3 Å². The van der Waals surface area contributed by atoms with Crippen LogP contribution < -0.4 is 21.2 Å². The molecule has 440 valence electrons. The summed E-state index contributed by atoms with van der Waals surface area (Å²) < 4.78 is 0. The Hall–Kier alpha value is -1.88. The van der Waals surface area contributed by atoms with Crippen LogP contribution in [0.4, 0.5) is 0 Å². The highest BCUT2D eigenvalue weighted by Gasteiger charge is 2.44. The average Bonchev–Trinajstić information content (AvgIpc) is 3.16. The van der Waals surface area contributed by atoms with Crippen molar-refractivity contribution < 1.29 is 58.7 Å². The number of hydrogen-bond donors (Lipinski definition) is 12. The summed E-state index contributed by atoms with van der Waals surface area (Å²) in [6.07, 6.45) is 0. The van der Waals surface area contributed by atoms with E-state index < -0.39 is 31.8 Å². The van der Waals surface area contributed by atoms with Crippen molar-refractivity contribution in [3.63, 3.8) is 0 Å². The van der Waals surface area contributed by atoms with E-state index in [-0.39, 0.29) is 64.5 Å². The van der Waals surface area contributed by atoms with Crippen LogP contribution in [-0.2, 0) is 43.3 Å². The first kappa shape index (κ1) is 75.1. The first-order chi connectivity index (χ1) is 33.3. The fraction of sp³-hybridized carbons (Fsp3) is 0.607. The number of benzene rings is 4. The van der Waals surface area contributed by atoms with Crippen molar-refractivity contribution >= 4 is 53.0 Å². The molecule has 0 bridgehead atoms. The van der Waals surface area contributed by atoms with Gasteiger partial charge in [0.1, 0.15) is 0 Å². The van der Waals surface area contributed by atoms with Crippen molar-refractivity contribution in [1.82, 2.24) is 0 Å². The summed E-state index contributed by atoms with van der Waals surface area (Å²) in [7, 11) is -15.9. The molecule has 0 saturated heterocycles. The molecule has 12 N–H and O–H groups in total. The Morgan fingerprint density at radius 1 is 0.208 bits per heavy atom. The zero-order chi connectivity index (χ0) is 61.9. The molecule has 0 amide bonds. The monoisotopic (exact) mass is 1160 g/mol. The SMILES string of the molecule is CC(C)(C)C.CC(C)(C)c1ccc([P+](O)(O)O)c(C(C)(C)C)c1.CC(C)(C)c1ccc([P+](O)(O)O)c(C(C)(C)C)c1.CC(C)(C)c1ccc([P+](O)(O)O)c(C(C)(C)C)c1.CC(C)(C)c1ccc([P+](O)(O)O)c(C(C)(C)C)c1. The first-order valence-corrected chi connectivity index (χ1v) is 32.8. The van der Waals surface area contributed by atoms with E-state index in [0.29, 0.717) is 5.41 Å². The van der Waals surface area contributed by atoms with E-state index in [1.54, 1.807) is 24.3 Å². The van der Waals surface area contributed by atoms with Crippen LogP contribution in [0.25, 0.3) is 0 Å². The molecule has 16 heteroatoms. The van der Waals surface area contributed by atoms with Crippen molar-refractivity contribution in [3.8, 4) is 0 Å². The van der Waals surface area contributed by atoms with Crippen LogP contribution >= 0.6 is 31.8 Å². The molecule has 0 aromatic heterocycles. The van der Waals surface area contributed by atoms with E-state index >= 15 is 0 Å². The van der Waals surface area contributed by atoms with Gasteiger partial charge in [0.2, 0.25) is 0 Å². The van der Waals surface area contributed by atoms with Crippen LogP contribution in [-0.4, -0.2) is 58.7 Å². The van der Waals surface area contributed by atoms with Gasteiger partial charge >= 0.3 is 31.8 Å². The average molecular weight is 1160 g/mol. The quantitative estimate of drug-likeness (QED) is 0.0854. The Bertz CT molecular complexity index is 2170. The lowest BCUT2D eigenvalue weighted by Gasteiger charge is -2.26. The summed E-state index contributed by atoms with van der Waals surface area (Å²) in [5.74, 6) is 0. The summed E-state index contributed by atoms with van der Waals surface area (Å²) in [6.45, 7) is 57.9. The summed E-state index contributed by atoms with van der Waals surface area (Å²) in [6, 6.07) is 21.8. The molecule has 0 aliphatic carbocycles. The van der Waals surface area contributed by atoms with Crippen LogP contribution in [0.5, 0.6) is 0 Å². The highest BCUT2D eigenvalue weighted by atomic mass is 31.2. The summed E-state index contributed by atoms with van der Waals surface area (Å²) in [5, 5.41) is 1.01. The van der Waals surface area contributed by atoms with E-state index in [1.807, 2.05) is 132 Å². The molecule has 77 heavy (non-hydrogen) atoms. The third-order valence-electron chi connectivity index (χ3n) is 12.0. The number of hydrogen-bond acceptors (Lipinski definition) is 12. The van der Waals surface area contributed by atoms with Crippen LogP contribution in [0.2, 0.25) is 0 Å². The van der Waals surface area contributed by atoms with Gasteiger partial charge in [0.25, 0.3) is 0 Å². The van der Waals surface area contributed by atoms with Crippen LogP contribution in [0.3, 0.4) is 0 Å². The third-order valence-corrected chi connectivity index (χ3v) is 16.1. The maximum absolute atomic E-state index is 9.55. The van der Waals surface area contributed by atoms with Gasteiger partial charge in [-0.3, -0.25) is 0 Å². The molecule has 0 spiro atoms. The van der Waals surface area contributed by atoms with Crippen LogP contribution in [0.1, 0.15) is 238 Å². The van der Waals surface area contributed by atoms with Crippen LogP contribution in [0, 0.1) is 5.41 Å². The molecule has 0 atom stereocenters. The Balaban J connectivity index is 0.000000970. The Morgan fingerprint density at radius 3 is 0.403 bits per heavy atom. The van der Waals surface area contributed by atoms with Gasteiger partial charge in [-0.15, -0.1) is 0 Å². The standard InChI is InChI=1S/4C14H24O3P.C5H12/c4*1-13(2,3)10-7-8-12(18(15,16)17)11(9-10)14(4,5)6;1-5(2,3)4/h4*7-9,15-17H,1-6H3;1-4H3/q4*+1;. The molecule has 4 rings (SSSR count). The minimum absolute atomic E-state index is 0.0139. The van der Waals surface area contributed by atoms with Crippen molar-refractivity contribution in [2.24, 2.45) is 5.41 Å². The molecule has 0 heterocycles. The van der Waals surface area contributed by atoms with Gasteiger partial charge < -0.3 is 0 Å². The van der Waals surface area contributed by atoms with Crippen LogP contribution in [0.15, 0.2) is 72.8 Å². The Kier molecular flexibility index (Phi) is 25.1. The van der Waals surface area contributed by atoms with E-state index in [0.717, 1.165) is 44.5 Å². The van der Waals surface area contributed by atoms with Crippen molar-refractivity contribution in [2.75, 3.05) is 0 Å². The number of rotatable bonds is 4. The molecular formula is C61H108O12P4+4. The second-order valence-corrected chi connectivity index (χ2v) is 36.7. The normalized spacial score (nSPS) is 13.7. The molecule has 0 aliphatic rings. The van der Waals surface area contributed by atoms with E-state index in [2.05, 4.69) is 111 Å². The molecule has 0 aliphatic heterocycles. The van der Waals surface area contributed by atoms with Gasteiger partial charge in [0.15, 0.2) is 21.2 Å². The zero-order valence-corrected chi connectivity index (χ0v) is 56.2. The molecule has 0 radical (unpaired) electrons. The third kappa shape index (κ3) is 25.9. The Labute approximate surface area is 469 Å². The fourth-order valence-electron chi connectivity index (χ4n) is 7.46. The van der Waals surface area contributed by atoms with E-state index in [4.69, 9.17) is 0 Å². The summed E-state index contributed by atoms with van der Waals surface area (Å²) >= 11 is 0. The largest absolute Gasteiger partial charge is 0.441 e. The maximum atomic E-state index is 9.55. The van der Waals surface area contributed by atoms with Crippen molar-refractivity contribution in [2.45, 2.75) is 237 Å². The second-order valence-electron chi connectivity index (χ2n) is 30.2. The fourth-order valence-corrected chi connectivity index (χ4v) is 11.5. The lowest BCUT2D eigenvalue weighted by molar-refractivity contribution is 0.344. The highest BCUT2D eigenvalue weighted by Crippen LogP contribution is 2.50. The van der Waals surface area contributed by atoms with Gasteiger partial charge in [-0.05, 0) is 95.3 Å². The molecule has 12 nitrogen and oxygen atoms in total. The lowest BCUT2D eigenvalue weighted by atomic mass is 9.81. The maximum Gasteiger partial charge on any atom is 0.441 e. The molecular weight excluding hydrogens is 1050 g/mol. The van der Waals surface area contributed by atoms with Gasteiger partial charge in [-0.1, -0.05) is 242 Å². The molecule has 4 aromatic rings. The molecule has 0 unspecified atom stereocenters. The van der Waals surface area contributed by atoms with Crippen molar-refractivity contribution in [1.29, 1.82) is 0 Å². The zero-order valence-electron chi connectivity index (χ0n) is 52.6.